The summed E-state index contributed by atoms with van der Waals surface area (Å²) >= 11 is 0. The van der Waals surface area contributed by atoms with Crippen LogP contribution in [0.2, 0.25) is 0 Å². The van der Waals surface area contributed by atoms with Crippen LogP contribution >= 0.6 is 0 Å². The highest BCUT2D eigenvalue weighted by Gasteiger charge is 2.14. The van der Waals surface area contributed by atoms with Crippen molar-refractivity contribution in [2.45, 2.75) is 20.3 Å². The van der Waals surface area contributed by atoms with Crippen LogP contribution in [0.3, 0.4) is 0 Å². The van der Waals surface area contributed by atoms with Gasteiger partial charge in [0.05, 0.1) is 0 Å². The van der Waals surface area contributed by atoms with E-state index < -0.39 is 11.5 Å². The van der Waals surface area contributed by atoms with E-state index in [-0.39, 0.29) is 5.56 Å². The van der Waals surface area contributed by atoms with Crippen molar-refractivity contribution >= 4 is 5.91 Å². The normalized spacial score (nSPS) is 10.8. The Balaban J connectivity index is 2.65. The third-order valence-electron chi connectivity index (χ3n) is 2.99. The summed E-state index contributed by atoms with van der Waals surface area (Å²) in [6.45, 7) is 4.13. The van der Waals surface area contributed by atoms with Crippen molar-refractivity contribution in [3.8, 4) is 11.1 Å². The Kier molecular flexibility index (Phi) is 3.98. The second-order valence-electron chi connectivity index (χ2n) is 5.10. The van der Waals surface area contributed by atoms with E-state index in [0.717, 1.165) is 16.8 Å². The molecule has 0 radical (unpaired) electrons. The average molecular weight is 271 g/mol. The number of rotatable bonds is 4. The average Bonchev–Trinajstić information content (AvgIpc) is 2.38. The summed E-state index contributed by atoms with van der Waals surface area (Å²) in [5.41, 5.74) is 7.30. The maximum absolute atomic E-state index is 11.9. The molecule has 20 heavy (non-hydrogen) atoms. The molecule has 0 saturated carbocycles. The number of nitrogens with one attached hydrogen (secondary N) is 1. The van der Waals surface area contributed by atoms with Crippen LogP contribution in [-0.4, -0.2) is 15.9 Å². The molecule has 104 valence electrons. The predicted octanol–water partition coefficient (Wildman–Crippen LogP) is 1.73. The van der Waals surface area contributed by atoms with Gasteiger partial charge in [0, 0.05) is 23.7 Å². The molecule has 0 unspecified atom stereocenters. The van der Waals surface area contributed by atoms with Crippen LogP contribution in [-0.2, 0) is 6.42 Å². The molecular weight excluding hydrogens is 254 g/mol. The Morgan fingerprint density at radius 2 is 2.00 bits per heavy atom. The van der Waals surface area contributed by atoms with Crippen molar-refractivity contribution in [3.05, 3.63) is 52.2 Å². The van der Waals surface area contributed by atoms with Crippen molar-refractivity contribution in [2.75, 3.05) is 0 Å². The minimum Gasteiger partial charge on any atom is -0.365 e. The monoisotopic (exact) mass is 271 g/mol. The third-order valence-corrected chi connectivity index (χ3v) is 2.99. The fraction of sp³-hybridized carbons (Fsp3) is 0.267. The van der Waals surface area contributed by atoms with Crippen LogP contribution in [0.15, 0.2) is 35.4 Å². The predicted molar refractivity (Wildman–Crippen MR) is 77.4 cm³/mol. The molecule has 0 spiro atoms. The number of hydrogen-bond acceptors (Lipinski definition) is 3. The largest absolute Gasteiger partial charge is 0.365 e. The van der Waals surface area contributed by atoms with Gasteiger partial charge in [-0.15, -0.1) is 0 Å². The fourth-order valence-corrected chi connectivity index (χ4v) is 2.11. The van der Waals surface area contributed by atoms with Gasteiger partial charge in [-0.05, 0) is 36.1 Å². The molecule has 0 atom stereocenters. The number of aromatic amines is 1. The van der Waals surface area contributed by atoms with Gasteiger partial charge >= 0.3 is 0 Å². The standard InChI is InChI=1S/C15H17N3O2/c1-9(2)7-13-11(10-3-5-17-6-4-10)8-12(14(16)19)15(20)18-13/h3-6,8-9H,7H2,1-2H3,(H2,16,19)(H,18,20). The number of carbonyl (C=O) groups excluding carboxylic acids is 1. The molecule has 0 saturated heterocycles. The number of hydrogen-bond donors (Lipinski definition) is 2. The molecule has 5 nitrogen and oxygen atoms in total. The van der Waals surface area contributed by atoms with Crippen LogP contribution in [0.4, 0.5) is 0 Å². The molecule has 2 rings (SSSR count). The zero-order valence-electron chi connectivity index (χ0n) is 11.5. The summed E-state index contributed by atoms with van der Waals surface area (Å²) in [5.74, 6) is -0.344. The molecule has 0 aliphatic heterocycles. The first-order valence-corrected chi connectivity index (χ1v) is 6.45. The van der Waals surface area contributed by atoms with Gasteiger partial charge in [0.25, 0.3) is 11.5 Å². The van der Waals surface area contributed by atoms with Gasteiger partial charge in [0.1, 0.15) is 5.56 Å². The van der Waals surface area contributed by atoms with Crippen LogP contribution in [0.5, 0.6) is 0 Å². The molecule has 0 aliphatic rings. The maximum Gasteiger partial charge on any atom is 0.261 e. The number of H-pyrrole nitrogens is 1. The minimum atomic E-state index is -0.724. The summed E-state index contributed by atoms with van der Waals surface area (Å²) < 4.78 is 0. The Hall–Kier alpha value is -2.43. The first-order chi connectivity index (χ1) is 9.49. The van der Waals surface area contributed by atoms with E-state index in [2.05, 4.69) is 23.8 Å². The van der Waals surface area contributed by atoms with Crippen LogP contribution < -0.4 is 11.3 Å². The Labute approximate surface area is 116 Å². The highest BCUT2D eigenvalue weighted by Crippen LogP contribution is 2.23. The first-order valence-electron chi connectivity index (χ1n) is 6.45. The molecule has 2 aromatic rings. The number of primary amides is 1. The Morgan fingerprint density at radius 1 is 1.35 bits per heavy atom. The number of pyridine rings is 2. The van der Waals surface area contributed by atoms with Gasteiger partial charge < -0.3 is 10.7 Å². The summed E-state index contributed by atoms with van der Waals surface area (Å²) in [5, 5.41) is 0. The van der Waals surface area contributed by atoms with Crippen molar-refractivity contribution in [1.29, 1.82) is 0 Å². The molecule has 2 aromatic heterocycles. The Morgan fingerprint density at radius 3 is 2.55 bits per heavy atom. The summed E-state index contributed by atoms with van der Waals surface area (Å²) in [6, 6.07) is 5.23. The first kappa shape index (κ1) is 14.0. The van der Waals surface area contributed by atoms with Crippen LogP contribution in [0.1, 0.15) is 29.9 Å². The Bertz CT molecular complexity index is 675. The lowest BCUT2D eigenvalue weighted by molar-refractivity contribution is 0.0999. The van der Waals surface area contributed by atoms with Crippen LogP contribution in [0, 0.1) is 5.92 Å². The summed E-state index contributed by atoms with van der Waals surface area (Å²) in [4.78, 5) is 30.0. The number of nitrogens with two attached hydrogens (primary N) is 1. The summed E-state index contributed by atoms with van der Waals surface area (Å²) in [6.07, 6.45) is 4.05. The van der Waals surface area contributed by atoms with Gasteiger partial charge in [0.2, 0.25) is 0 Å². The molecule has 0 aromatic carbocycles. The SMILES string of the molecule is CC(C)Cc1[nH]c(=O)c(C(N)=O)cc1-c1ccncc1. The number of carbonyl (C=O) groups is 1. The molecule has 2 heterocycles. The quantitative estimate of drug-likeness (QED) is 0.887. The molecule has 0 bridgehead atoms. The van der Waals surface area contributed by atoms with Gasteiger partial charge in [-0.1, -0.05) is 13.8 Å². The molecule has 0 fully saturated rings. The minimum absolute atomic E-state index is 0.0238. The summed E-state index contributed by atoms with van der Waals surface area (Å²) in [7, 11) is 0. The maximum atomic E-state index is 11.9. The van der Waals surface area contributed by atoms with E-state index in [4.69, 9.17) is 5.73 Å². The van der Waals surface area contributed by atoms with E-state index in [1.165, 1.54) is 0 Å². The van der Waals surface area contributed by atoms with E-state index >= 15 is 0 Å². The molecule has 0 aliphatic carbocycles. The lowest BCUT2D eigenvalue weighted by atomic mass is 9.97. The van der Waals surface area contributed by atoms with E-state index in [0.29, 0.717) is 12.3 Å². The van der Waals surface area contributed by atoms with Gasteiger partial charge in [-0.2, -0.15) is 0 Å². The van der Waals surface area contributed by atoms with E-state index in [1.54, 1.807) is 18.5 Å². The van der Waals surface area contributed by atoms with E-state index in [9.17, 15) is 9.59 Å². The van der Waals surface area contributed by atoms with Gasteiger partial charge in [-0.3, -0.25) is 14.6 Å². The van der Waals surface area contributed by atoms with Crippen molar-refractivity contribution in [1.82, 2.24) is 9.97 Å². The van der Waals surface area contributed by atoms with Crippen molar-refractivity contribution < 1.29 is 4.79 Å². The highest BCUT2D eigenvalue weighted by molar-refractivity contribution is 5.93. The topological polar surface area (TPSA) is 88.8 Å². The van der Waals surface area contributed by atoms with Gasteiger partial charge in [-0.25, -0.2) is 0 Å². The van der Waals surface area contributed by atoms with Crippen molar-refractivity contribution in [2.24, 2.45) is 11.7 Å². The van der Waals surface area contributed by atoms with Crippen LogP contribution in [0.25, 0.3) is 11.1 Å². The molecule has 3 N–H and O–H groups in total. The lowest BCUT2D eigenvalue weighted by Crippen LogP contribution is -2.25. The molecule has 5 heteroatoms. The second kappa shape index (κ2) is 5.69. The smallest absolute Gasteiger partial charge is 0.261 e. The number of amides is 1. The second-order valence-corrected chi connectivity index (χ2v) is 5.10. The molecule has 1 amide bonds. The van der Waals surface area contributed by atoms with Crippen molar-refractivity contribution in [3.63, 3.8) is 0 Å². The molecular formula is C15H17N3O2. The fourth-order valence-electron chi connectivity index (χ4n) is 2.11. The van der Waals surface area contributed by atoms with E-state index in [1.807, 2.05) is 12.1 Å². The highest BCUT2D eigenvalue weighted by atomic mass is 16.2. The third kappa shape index (κ3) is 2.93. The number of aromatic nitrogens is 2. The zero-order chi connectivity index (χ0) is 14.7. The lowest BCUT2D eigenvalue weighted by Gasteiger charge is -2.12. The van der Waals surface area contributed by atoms with Gasteiger partial charge in [0.15, 0.2) is 0 Å². The zero-order valence-corrected chi connectivity index (χ0v) is 11.5. The number of nitrogens with zero attached hydrogens (tertiary/aromatic N) is 1.